The Bertz CT molecular complexity index is 649. The molecule has 1 N–H and O–H groups in total. The van der Waals surface area contributed by atoms with Crippen LogP contribution in [0.5, 0.6) is 5.75 Å². The van der Waals surface area contributed by atoms with Gasteiger partial charge in [0.1, 0.15) is 11.3 Å². The van der Waals surface area contributed by atoms with Gasteiger partial charge in [-0.15, -0.1) is 0 Å². The molecule has 0 aromatic heterocycles. The molecule has 1 aromatic carbocycles. The molecular formula is C18H24N2O4. The summed E-state index contributed by atoms with van der Waals surface area (Å²) < 4.78 is 10.3. The molecule has 0 aliphatic rings. The summed E-state index contributed by atoms with van der Waals surface area (Å²) in [5.74, 6) is -0.634. The van der Waals surface area contributed by atoms with Crippen molar-refractivity contribution in [2.24, 2.45) is 5.92 Å². The van der Waals surface area contributed by atoms with Crippen LogP contribution in [-0.2, 0) is 14.3 Å². The van der Waals surface area contributed by atoms with Crippen LogP contribution in [0.25, 0.3) is 0 Å². The first-order valence-corrected chi connectivity index (χ1v) is 7.76. The Morgan fingerprint density at radius 3 is 2.54 bits per heavy atom. The van der Waals surface area contributed by atoms with Gasteiger partial charge in [0.15, 0.2) is 13.2 Å². The Kier molecular flexibility index (Phi) is 6.78. The largest absolute Gasteiger partial charge is 0.482 e. The number of carbonyl (C=O) groups is 2. The predicted octanol–water partition coefficient (Wildman–Crippen LogP) is 2.28. The van der Waals surface area contributed by atoms with Crippen LogP contribution in [0.4, 0.5) is 0 Å². The normalized spacial score (nSPS) is 12.9. The van der Waals surface area contributed by atoms with Gasteiger partial charge >= 0.3 is 5.97 Å². The molecule has 0 saturated heterocycles. The van der Waals surface area contributed by atoms with Crippen molar-refractivity contribution in [3.8, 4) is 11.8 Å². The maximum Gasteiger partial charge on any atom is 0.344 e. The van der Waals surface area contributed by atoms with Crippen molar-refractivity contribution in [3.05, 3.63) is 29.3 Å². The number of nitrogens with one attached hydrogen (secondary N) is 1. The van der Waals surface area contributed by atoms with Crippen molar-refractivity contribution in [3.63, 3.8) is 0 Å². The van der Waals surface area contributed by atoms with E-state index in [-0.39, 0.29) is 12.5 Å². The SMILES string of the molecule is Cc1ccc(C)c(OCC(=O)OCC(=O)N[C@@](C)(C#N)C(C)C)c1. The number of hydrogen-bond acceptors (Lipinski definition) is 5. The molecule has 0 fully saturated rings. The molecule has 6 nitrogen and oxygen atoms in total. The van der Waals surface area contributed by atoms with E-state index >= 15 is 0 Å². The number of hydrogen-bond donors (Lipinski definition) is 1. The molecule has 1 aromatic rings. The molecule has 0 spiro atoms. The number of ether oxygens (including phenoxy) is 2. The number of aryl methyl sites for hydroxylation is 2. The van der Waals surface area contributed by atoms with Crippen LogP contribution in [0.1, 0.15) is 31.9 Å². The maximum absolute atomic E-state index is 11.8. The van der Waals surface area contributed by atoms with Gasteiger partial charge in [0.2, 0.25) is 0 Å². The Balaban J connectivity index is 2.45. The fourth-order valence-electron chi connectivity index (χ4n) is 1.81. The molecule has 130 valence electrons. The van der Waals surface area contributed by atoms with Gasteiger partial charge in [-0.1, -0.05) is 26.0 Å². The molecular weight excluding hydrogens is 308 g/mol. The molecule has 1 amide bonds. The van der Waals surface area contributed by atoms with Crippen molar-refractivity contribution < 1.29 is 19.1 Å². The van der Waals surface area contributed by atoms with Crippen molar-refractivity contribution in [2.75, 3.05) is 13.2 Å². The molecule has 0 aliphatic carbocycles. The lowest BCUT2D eigenvalue weighted by Gasteiger charge is -2.27. The van der Waals surface area contributed by atoms with Crippen LogP contribution in [0.3, 0.4) is 0 Å². The molecule has 1 rings (SSSR count). The van der Waals surface area contributed by atoms with Gasteiger partial charge in [0, 0.05) is 0 Å². The minimum Gasteiger partial charge on any atom is -0.482 e. The molecule has 0 unspecified atom stereocenters. The van der Waals surface area contributed by atoms with E-state index in [4.69, 9.17) is 14.7 Å². The smallest absolute Gasteiger partial charge is 0.344 e. The topological polar surface area (TPSA) is 88.4 Å². The van der Waals surface area contributed by atoms with Crippen LogP contribution in [-0.4, -0.2) is 30.6 Å². The second-order valence-electron chi connectivity index (χ2n) is 6.24. The van der Waals surface area contributed by atoms with Crippen molar-refractivity contribution >= 4 is 11.9 Å². The van der Waals surface area contributed by atoms with Crippen LogP contribution in [0.2, 0.25) is 0 Å². The standard InChI is InChI=1S/C18H24N2O4/c1-12(2)18(5,11-19)20-16(21)9-24-17(22)10-23-15-8-13(3)6-7-14(15)4/h6-8,12H,9-10H2,1-5H3,(H,20,21)/t18-/m0/s1. The molecule has 0 saturated carbocycles. The third-order valence-corrected chi connectivity index (χ3v) is 3.84. The third-order valence-electron chi connectivity index (χ3n) is 3.84. The average molecular weight is 332 g/mol. The zero-order valence-electron chi connectivity index (χ0n) is 14.8. The van der Waals surface area contributed by atoms with Crippen molar-refractivity contribution in [1.82, 2.24) is 5.32 Å². The van der Waals surface area contributed by atoms with E-state index in [0.29, 0.717) is 5.75 Å². The first kappa shape index (κ1) is 19.5. The highest BCUT2D eigenvalue weighted by Gasteiger charge is 2.30. The van der Waals surface area contributed by atoms with Gasteiger partial charge in [-0.25, -0.2) is 4.79 Å². The zero-order valence-corrected chi connectivity index (χ0v) is 14.8. The molecule has 0 bridgehead atoms. The Morgan fingerprint density at radius 2 is 1.96 bits per heavy atom. The number of esters is 1. The van der Waals surface area contributed by atoms with E-state index in [0.717, 1.165) is 11.1 Å². The summed E-state index contributed by atoms with van der Waals surface area (Å²) in [5.41, 5.74) is 0.930. The molecule has 0 heterocycles. The van der Waals surface area contributed by atoms with Gasteiger partial charge < -0.3 is 14.8 Å². The van der Waals surface area contributed by atoms with E-state index in [2.05, 4.69) is 11.4 Å². The second kappa shape index (κ2) is 8.34. The Morgan fingerprint density at radius 1 is 1.29 bits per heavy atom. The maximum atomic E-state index is 11.8. The predicted molar refractivity (Wildman–Crippen MR) is 89.4 cm³/mol. The summed E-state index contributed by atoms with van der Waals surface area (Å²) in [6.45, 7) is 8.36. The number of amides is 1. The zero-order chi connectivity index (χ0) is 18.3. The van der Waals surface area contributed by atoms with E-state index in [1.54, 1.807) is 6.92 Å². The lowest BCUT2D eigenvalue weighted by atomic mass is 9.90. The molecule has 1 atom stereocenters. The van der Waals surface area contributed by atoms with Crippen LogP contribution < -0.4 is 10.1 Å². The molecule has 0 radical (unpaired) electrons. The quantitative estimate of drug-likeness (QED) is 0.774. The van der Waals surface area contributed by atoms with Gasteiger partial charge in [0.05, 0.1) is 6.07 Å². The Hall–Kier alpha value is -2.55. The van der Waals surface area contributed by atoms with Crippen molar-refractivity contribution in [1.29, 1.82) is 5.26 Å². The summed E-state index contributed by atoms with van der Waals surface area (Å²) in [6, 6.07) is 7.74. The van der Waals surface area contributed by atoms with E-state index in [1.807, 2.05) is 45.9 Å². The fourth-order valence-corrected chi connectivity index (χ4v) is 1.81. The van der Waals surface area contributed by atoms with Crippen molar-refractivity contribution in [2.45, 2.75) is 40.2 Å². The Labute approximate surface area is 142 Å². The average Bonchev–Trinajstić information content (AvgIpc) is 2.53. The lowest BCUT2D eigenvalue weighted by molar-refractivity contribution is -0.150. The summed E-state index contributed by atoms with van der Waals surface area (Å²) >= 11 is 0. The summed E-state index contributed by atoms with van der Waals surface area (Å²) in [4.78, 5) is 23.5. The minimum absolute atomic E-state index is 0.0743. The van der Waals surface area contributed by atoms with E-state index in [9.17, 15) is 9.59 Å². The first-order chi connectivity index (χ1) is 11.2. The minimum atomic E-state index is -1.00. The number of carbonyl (C=O) groups excluding carboxylic acids is 2. The van der Waals surface area contributed by atoms with Crippen LogP contribution in [0.15, 0.2) is 18.2 Å². The fraction of sp³-hybridized carbons (Fsp3) is 0.500. The van der Waals surface area contributed by atoms with Crippen LogP contribution >= 0.6 is 0 Å². The number of nitrogens with zero attached hydrogens (tertiary/aromatic N) is 1. The van der Waals surface area contributed by atoms with E-state index < -0.39 is 24.0 Å². The highest BCUT2D eigenvalue weighted by atomic mass is 16.6. The van der Waals surface area contributed by atoms with Gasteiger partial charge in [-0.2, -0.15) is 5.26 Å². The van der Waals surface area contributed by atoms with E-state index in [1.165, 1.54) is 0 Å². The third kappa shape index (κ3) is 5.58. The molecule has 24 heavy (non-hydrogen) atoms. The number of rotatable bonds is 7. The summed E-state index contributed by atoms with van der Waals surface area (Å²) in [7, 11) is 0. The highest BCUT2D eigenvalue weighted by molar-refractivity contribution is 5.81. The van der Waals surface area contributed by atoms with Gasteiger partial charge in [0.25, 0.3) is 5.91 Å². The van der Waals surface area contributed by atoms with Crippen LogP contribution in [0, 0.1) is 31.1 Å². The van der Waals surface area contributed by atoms with Gasteiger partial charge in [-0.05, 0) is 43.9 Å². The molecule has 6 heteroatoms. The monoisotopic (exact) mass is 332 g/mol. The summed E-state index contributed by atoms with van der Waals surface area (Å²) in [5, 5.41) is 11.7. The summed E-state index contributed by atoms with van der Waals surface area (Å²) in [6.07, 6.45) is 0. The lowest BCUT2D eigenvalue weighted by Crippen LogP contribution is -2.50. The van der Waals surface area contributed by atoms with Gasteiger partial charge in [-0.3, -0.25) is 4.79 Å². The second-order valence-corrected chi connectivity index (χ2v) is 6.24. The number of benzene rings is 1. The number of nitriles is 1. The first-order valence-electron chi connectivity index (χ1n) is 7.76. The highest BCUT2D eigenvalue weighted by Crippen LogP contribution is 2.19. The molecule has 0 aliphatic heterocycles.